The number of amides is 2. The lowest BCUT2D eigenvalue weighted by Crippen LogP contribution is -2.52. The van der Waals surface area contributed by atoms with Gasteiger partial charge in [0.2, 0.25) is 11.8 Å². The Balaban J connectivity index is 1.77. The summed E-state index contributed by atoms with van der Waals surface area (Å²) >= 11 is 0. The summed E-state index contributed by atoms with van der Waals surface area (Å²) in [6.45, 7) is 5.35. The van der Waals surface area contributed by atoms with Crippen LogP contribution >= 0.6 is 0 Å². The molecular weight excluding hydrogens is 312 g/mol. The van der Waals surface area contributed by atoms with E-state index in [0.717, 1.165) is 16.7 Å². The molecule has 3 rings (SSSR count). The van der Waals surface area contributed by atoms with E-state index in [1.54, 1.807) is 6.92 Å². The van der Waals surface area contributed by atoms with E-state index in [-0.39, 0.29) is 17.9 Å². The summed E-state index contributed by atoms with van der Waals surface area (Å²) in [5.74, 6) is 0.179. The second-order valence-electron chi connectivity index (χ2n) is 6.58. The van der Waals surface area contributed by atoms with Gasteiger partial charge >= 0.3 is 0 Å². The summed E-state index contributed by atoms with van der Waals surface area (Å²) < 4.78 is 0. The summed E-state index contributed by atoms with van der Waals surface area (Å²) in [7, 11) is 0. The average molecular weight is 336 g/mol. The number of hydrogen-bond acceptors (Lipinski definition) is 2. The van der Waals surface area contributed by atoms with Crippen molar-refractivity contribution in [2.24, 2.45) is 0 Å². The maximum atomic E-state index is 12.8. The van der Waals surface area contributed by atoms with Gasteiger partial charge in [-0.15, -0.1) is 0 Å². The molecule has 1 saturated heterocycles. The number of aryl methyl sites for hydroxylation is 1. The Labute approximate surface area is 149 Å². The van der Waals surface area contributed by atoms with E-state index in [0.29, 0.717) is 26.1 Å². The first-order chi connectivity index (χ1) is 12.1. The first kappa shape index (κ1) is 17.2. The predicted octanol–water partition coefficient (Wildman–Crippen LogP) is 2.97. The highest BCUT2D eigenvalue weighted by Crippen LogP contribution is 2.26. The minimum atomic E-state index is -0.0757. The topological polar surface area (TPSA) is 40.6 Å². The molecule has 1 atom stereocenters. The van der Waals surface area contributed by atoms with Crippen LogP contribution in [0.4, 0.5) is 0 Å². The second-order valence-corrected chi connectivity index (χ2v) is 6.58. The van der Waals surface area contributed by atoms with Crippen molar-refractivity contribution in [1.29, 1.82) is 0 Å². The van der Waals surface area contributed by atoms with Gasteiger partial charge in [0.05, 0.1) is 12.5 Å². The van der Waals surface area contributed by atoms with E-state index >= 15 is 0 Å². The van der Waals surface area contributed by atoms with Crippen LogP contribution in [0.25, 0.3) is 0 Å². The monoisotopic (exact) mass is 336 g/mol. The minimum absolute atomic E-state index is 0.0554. The van der Waals surface area contributed by atoms with Crippen molar-refractivity contribution in [2.45, 2.75) is 26.3 Å². The lowest BCUT2D eigenvalue weighted by molar-refractivity contribution is -0.141. The van der Waals surface area contributed by atoms with Gasteiger partial charge in [-0.3, -0.25) is 9.59 Å². The number of carbonyl (C=O) groups excluding carboxylic acids is 2. The molecule has 1 heterocycles. The van der Waals surface area contributed by atoms with Crippen molar-refractivity contribution >= 4 is 11.8 Å². The van der Waals surface area contributed by atoms with Crippen LogP contribution < -0.4 is 0 Å². The number of rotatable bonds is 3. The zero-order chi connectivity index (χ0) is 17.8. The quantitative estimate of drug-likeness (QED) is 0.864. The summed E-state index contributed by atoms with van der Waals surface area (Å²) in [6, 6.07) is 17.9. The Hall–Kier alpha value is -2.62. The van der Waals surface area contributed by atoms with E-state index in [1.165, 1.54) is 0 Å². The number of piperazine rings is 1. The first-order valence-electron chi connectivity index (χ1n) is 8.70. The molecule has 0 N–H and O–H groups in total. The van der Waals surface area contributed by atoms with Crippen molar-refractivity contribution in [3.63, 3.8) is 0 Å². The van der Waals surface area contributed by atoms with E-state index < -0.39 is 0 Å². The Kier molecular flexibility index (Phi) is 5.17. The van der Waals surface area contributed by atoms with Crippen molar-refractivity contribution in [3.8, 4) is 0 Å². The fraction of sp³-hybridized carbons (Fsp3) is 0.333. The van der Waals surface area contributed by atoms with Crippen molar-refractivity contribution in [1.82, 2.24) is 9.80 Å². The summed E-state index contributed by atoms with van der Waals surface area (Å²) in [6.07, 6.45) is 0.411. The molecule has 0 aromatic heterocycles. The predicted molar refractivity (Wildman–Crippen MR) is 98.0 cm³/mol. The standard InChI is InChI=1S/C21H24N2O2/c1-16-8-6-7-11-19(16)14-21(25)22-12-13-23(17(2)24)20(15-22)18-9-4-3-5-10-18/h3-11,20H,12-15H2,1-2H3. The van der Waals surface area contributed by atoms with Crippen LogP contribution in [0.3, 0.4) is 0 Å². The zero-order valence-corrected chi connectivity index (χ0v) is 14.8. The Morgan fingerprint density at radius 1 is 1.00 bits per heavy atom. The summed E-state index contributed by atoms with van der Waals surface area (Å²) in [5, 5.41) is 0. The second kappa shape index (κ2) is 7.51. The highest BCUT2D eigenvalue weighted by Gasteiger charge is 2.31. The lowest BCUT2D eigenvalue weighted by atomic mass is 10.0. The molecule has 2 aromatic rings. The molecule has 0 saturated carbocycles. The Morgan fingerprint density at radius 2 is 1.68 bits per heavy atom. The lowest BCUT2D eigenvalue weighted by Gasteiger charge is -2.41. The molecule has 2 aromatic carbocycles. The first-order valence-corrected chi connectivity index (χ1v) is 8.70. The van der Waals surface area contributed by atoms with Gasteiger partial charge in [-0.25, -0.2) is 0 Å². The fourth-order valence-corrected chi connectivity index (χ4v) is 3.43. The smallest absolute Gasteiger partial charge is 0.227 e. The van der Waals surface area contributed by atoms with Crippen molar-refractivity contribution in [2.75, 3.05) is 19.6 Å². The van der Waals surface area contributed by atoms with Crippen LogP contribution in [0.2, 0.25) is 0 Å². The van der Waals surface area contributed by atoms with Crippen LogP contribution in [0.15, 0.2) is 54.6 Å². The van der Waals surface area contributed by atoms with Crippen LogP contribution in [0, 0.1) is 6.92 Å². The molecule has 0 radical (unpaired) electrons. The SMILES string of the molecule is CC(=O)N1CCN(C(=O)Cc2ccccc2C)CC1c1ccccc1. The number of nitrogens with zero attached hydrogens (tertiary/aromatic N) is 2. The van der Waals surface area contributed by atoms with Gasteiger partial charge in [-0.2, -0.15) is 0 Å². The molecule has 2 amide bonds. The highest BCUT2D eigenvalue weighted by atomic mass is 16.2. The molecule has 0 spiro atoms. The average Bonchev–Trinajstić information content (AvgIpc) is 2.63. The molecule has 25 heavy (non-hydrogen) atoms. The number of carbonyl (C=O) groups is 2. The number of benzene rings is 2. The Morgan fingerprint density at radius 3 is 2.36 bits per heavy atom. The van der Waals surface area contributed by atoms with E-state index in [2.05, 4.69) is 0 Å². The molecule has 4 nitrogen and oxygen atoms in total. The molecule has 1 unspecified atom stereocenters. The summed E-state index contributed by atoms with van der Waals surface area (Å²) in [5.41, 5.74) is 3.28. The normalized spacial score (nSPS) is 17.4. The van der Waals surface area contributed by atoms with Gasteiger partial charge in [0.1, 0.15) is 0 Å². The van der Waals surface area contributed by atoms with Crippen LogP contribution in [0.5, 0.6) is 0 Å². The van der Waals surface area contributed by atoms with Crippen molar-refractivity contribution in [3.05, 3.63) is 71.3 Å². The van der Waals surface area contributed by atoms with Crippen LogP contribution in [0.1, 0.15) is 29.7 Å². The minimum Gasteiger partial charge on any atom is -0.338 e. The third-order valence-corrected chi connectivity index (χ3v) is 4.92. The largest absolute Gasteiger partial charge is 0.338 e. The third kappa shape index (κ3) is 3.90. The van der Waals surface area contributed by atoms with Crippen LogP contribution in [-0.2, 0) is 16.0 Å². The molecule has 4 heteroatoms. The maximum absolute atomic E-state index is 12.8. The van der Waals surface area contributed by atoms with Gasteiger partial charge in [0.25, 0.3) is 0 Å². The van der Waals surface area contributed by atoms with Gasteiger partial charge in [-0.05, 0) is 23.6 Å². The Bertz CT molecular complexity index is 758. The highest BCUT2D eigenvalue weighted by molar-refractivity contribution is 5.80. The van der Waals surface area contributed by atoms with E-state index in [4.69, 9.17) is 0 Å². The van der Waals surface area contributed by atoms with Gasteiger partial charge in [-0.1, -0.05) is 54.6 Å². The maximum Gasteiger partial charge on any atom is 0.227 e. The third-order valence-electron chi connectivity index (χ3n) is 4.92. The zero-order valence-electron chi connectivity index (χ0n) is 14.8. The number of hydrogen-bond donors (Lipinski definition) is 0. The van der Waals surface area contributed by atoms with Crippen molar-refractivity contribution < 1.29 is 9.59 Å². The van der Waals surface area contributed by atoms with E-state index in [9.17, 15) is 9.59 Å². The van der Waals surface area contributed by atoms with Crippen LogP contribution in [-0.4, -0.2) is 41.2 Å². The molecule has 0 aliphatic carbocycles. The van der Waals surface area contributed by atoms with E-state index in [1.807, 2.05) is 71.3 Å². The van der Waals surface area contributed by atoms with Gasteiger partial charge in [0, 0.05) is 26.6 Å². The molecule has 1 aliphatic heterocycles. The molecule has 0 bridgehead atoms. The van der Waals surface area contributed by atoms with Gasteiger partial charge < -0.3 is 9.80 Å². The fourth-order valence-electron chi connectivity index (χ4n) is 3.43. The molecule has 130 valence electrons. The van der Waals surface area contributed by atoms with Gasteiger partial charge in [0.15, 0.2) is 0 Å². The summed E-state index contributed by atoms with van der Waals surface area (Å²) in [4.78, 5) is 28.6. The molecule has 1 aliphatic rings. The molecule has 1 fully saturated rings. The molecular formula is C21H24N2O2.